The van der Waals surface area contributed by atoms with Gasteiger partial charge >= 0.3 is 0 Å². The number of fused-ring (bicyclic) bond motifs is 7. The number of hydrogen-bond acceptors (Lipinski definition) is 3. The van der Waals surface area contributed by atoms with Crippen molar-refractivity contribution in [2.24, 2.45) is 0 Å². The van der Waals surface area contributed by atoms with Crippen LogP contribution in [0.2, 0.25) is 0 Å². The molecule has 0 saturated heterocycles. The van der Waals surface area contributed by atoms with Crippen molar-refractivity contribution in [2.45, 2.75) is 0 Å². The summed E-state index contributed by atoms with van der Waals surface area (Å²) in [6.45, 7) is 0. The topological polar surface area (TPSA) is 3.24 Å². The standard InChI is InChI=1S/C52H33NS2/c1-2-14-35(15-3-1)40-29-27-38(37-26-25-34-13-4-5-16-36(34)31-37)32-48(40)53(39-28-30-44-42-18-7-10-23-49(42)54-51(44)33-39)47-22-9-6-17-41(47)45-20-12-21-46-43-19-8-11-24-50(43)55-52(45)46/h1-33H. The van der Waals surface area contributed by atoms with Crippen LogP contribution in [0.3, 0.4) is 0 Å². The fourth-order valence-electron chi connectivity index (χ4n) is 8.24. The number of thiophene rings is 2. The molecule has 2 heterocycles. The fourth-order valence-corrected chi connectivity index (χ4v) is 10.6. The Kier molecular flexibility index (Phi) is 7.61. The predicted octanol–water partition coefficient (Wildman–Crippen LogP) is 16.0. The molecule has 0 atom stereocenters. The van der Waals surface area contributed by atoms with Crippen LogP contribution >= 0.6 is 22.7 Å². The number of anilines is 3. The highest BCUT2D eigenvalue weighted by Gasteiger charge is 2.23. The van der Waals surface area contributed by atoms with Crippen molar-refractivity contribution in [1.29, 1.82) is 0 Å². The Balaban J connectivity index is 1.21. The summed E-state index contributed by atoms with van der Waals surface area (Å²) >= 11 is 3.75. The summed E-state index contributed by atoms with van der Waals surface area (Å²) in [4.78, 5) is 2.51. The Hall–Kier alpha value is -6.52. The molecule has 3 heteroatoms. The maximum Gasteiger partial charge on any atom is 0.0546 e. The number of hydrogen-bond donors (Lipinski definition) is 0. The Morgan fingerprint density at radius 1 is 0.309 bits per heavy atom. The van der Waals surface area contributed by atoms with Gasteiger partial charge in [-0.25, -0.2) is 0 Å². The zero-order chi connectivity index (χ0) is 36.3. The molecule has 0 N–H and O–H groups in total. The summed E-state index contributed by atoms with van der Waals surface area (Å²) in [5.41, 5.74) is 10.6. The van der Waals surface area contributed by atoms with Crippen LogP contribution in [0.15, 0.2) is 200 Å². The van der Waals surface area contributed by atoms with E-state index in [0.717, 1.165) is 17.1 Å². The largest absolute Gasteiger partial charge is 0.309 e. The first kappa shape index (κ1) is 32.0. The second kappa shape index (κ2) is 13.1. The van der Waals surface area contributed by atoms with E-state index in [9.17, 15) is 0 Å². The highest BCUT2D eigenvalue weighted by Crippen LogP contribution is 2.49. The van der Waals surface area contributed by atoms with Gasteiger partial charge in [0.2, 0.25) is 0 Å². The monoisotopic (exact) mass is 735 g/mol. The molecule has 2 aromatic heterocycles. The molecular weight excluding hydrogens is 703 g/mol. The lowest BCUT2D eigenvalue weighted by Gasteiger charge is -2.30. The van der Waals surface area contributed by atoms with Gasteiger partial charge in [-0.2, -0.15) is 0 Å². The third-order valence-electron chi connectivity index (χ3n) is 10.9. The third-order valence-corrected chi connectivity index (χ3v) is 13.2. The molecule has 1 nitrogen and oxygen atoms in total. The van der Waals surface area contributed by atoms with Crippen molar-refractivity contribution in [2.75, 3.05) is 4.90 Å². The van der Waals surface area contributed by atoms with E-state index in [4.69, 9.17) is 0 Å². The molecule has 0 saturated carbocycles. The lowest BCUT2D eigenvalue weighted by atomic mass is 9.94. The van der Waals surface area contributed by atoms with Gasteiger partial charge in [-0.1, -0.05) is 158 Å². The molecule has 0 aliphatic heterocycles. The molecule has 0 aliphatic carbocycles. The number of para-hydroxylation sites is 1. The average Bonchev–Trinajstić information content (AvgIpc) is 3.82. The van der Waals surface area contributed by atoms with E-state index < -0.39 is 0 Å². The van der Waals surface area contributed by atoms with Gasteiger partial charge in [0.25, 0.3) is 0 Å². The van der Waals surface area contributed by atoms with Gasteiger partial charge in [0, 0.05) is 62.7 Å². The average molecular weight is 736 g/mol. The van der Waals surface area contributed by atoms with E-state index >= 15 is 0 Å². The SMILES string of the molecule is c1ccc(-c2ccc(-c3ccc4ccccc4c3)cc2N(c2ccc3c(c2)sc2ccccc23)c2ccccc2-c2cccc3c2sc2ccccc23)cc1. The van der Waals surface area contributed by atoms with Gasteiger partial charge in [0.1, 0.15) is 0 Å². The van der Waals surface area contributed by atoms with E-state index in [1.165, 1.54) is 84.5 Å². The first-order chi connectivity index (χ1) is 27.3. The van der Waals surface area contributed by atoms with E-state index in [0.29, 0.717) is 0 Å². The lowest BCUT2D eigenvalue weighted by molar-refractivity contribution is 1.29. The minimum atomic E-state index is 1.13. The van der Waals surface area contributed by atoms with Crippen molar-refractivity contribution in [1.82, 2.24) is 0 Å². The molecule has 0 unspecified atom stereocenters. The molecule has 258 valence electrons. The zero-order valence-corrected chi connectivity index (χ0v) is 31.4. The second-order valence-electron chi connectivity index (χ2n) is 14.1. The summed E-state index contributed by atoms with van der Waals surface area (Å²) in [6, 6.07) is 73.6. The van der Waals surface area contributed by atoms with Crippen LogP contribution in [-0.4, -0.2) is 0 Å². The molecule has 0 aliphatic rings. The van der Waals surface area contributed by atoms with E-state index in [1.54, 1.807) is 0 Å². The van der Waals surface area contributed by atoms with E-state index in [-0.39, 0.29) is 0 Å². The summed E-state index contributed by atoms with van der Waals surface area (Å²) in [7, 11) is 0. The summed E-state index contributed by atoms with van der Waals surface area (Å²) in [5.74, 6) is 0. The van der Waals surface area contributed by atoms with E-state index in [2.05, 4.69) is 205 Å². The van der Waals surface area contributed by atoms with Crippen molar-refractivity contribution in [3.8, 4) is 33.4 Å². The van der Waals surface area contributed by atoms with Crippen LogP contribution in [0.4, 0.5) is 17.1 Å². The van der Waals surface area contributed by atoms with Crippen LogP contribution in [0.25, 0.3) is 84.5 Å². The lowest BCUT2D eigenvalue weighted by Crippen LogP contribution is -2.12. The van der Waals surface area contributed by atoms with Gasteiger partial charge in [-0.15, -0.1) is 22.7 Å². The van der Waals surface area contributed by atoms with Gasteiger partial charge in [0.15, 0.2) is 0 Å². The zero-order valence-electron chi connectivity index (χ0n) is 29.8. The molecule has 11 aromatic rings. The maximum atomic E-state index is 2.51. The van der Waals surface area contributed by atoms with Crippen LogP contribution in [0.1, 0.15) is 0 Å². The Morgan fingerprint density at radius 3 is 1.82 bits per heavy atom. The van der Waals surface area contributed by atoms with Gasteiger partial charge in [0.05, 0.1) is 11.4 Å². The number of nitrogens with zero attached hydrogens (tertiary/aromatic N) is 1. The summed E-state index contributed by atoms with van der Waals surface area (Å²) < 4.78 is 5.20. The van der Waals surface area contributed by atoms with Crippen LogP contribution in [0, 0.1) is 0 Å². The Morgan fingerprint density at radius 2 is 0.945 bits per heavy atom. The highest BCUT2D eigenvalue weighted by atomic mass is 32.1. The predicted molar refractivity (Wildman–Crippen MR) is 241 cm³/mol. The molecule has 0 amide bonds. The molecular formula is C52H33NS2. The molecule has 0 fully saturated rings. The minimum absolute atomic E-state index is 1.13. The molecule has 11 rings (SSSR count). The molecule has 55 heavy (non-hydrogen) atoms. The molecule has 0 spiro atoms. The van der Waals surface area contributed by atoms with Gasteiger partial charge in [-0.3, -0.25) is 0 Å². The Labute approximate surface area is 327 Å². The Bertz CT molecular complexity index is 3220. The third kappa shape index (κ3) is 5.43. The van der Waals surface area contributed by atoms with Crippen molar-refractivity contribution in [3.05, 3.63) is 200 Å². The second-order valence-corrected chi connectivity index (χ2v) is 16.2. The van der Waals surface area contributed by atoms with Crippen LogP contribution < -0.4 is 4.90 Å². The van der Waals surface area contributed by atoms with Crippen molar-refractivity contribution < 1.29 is 0 Å². The fraction of sp³-hybridized carbons (Fsp3) is 0. The minimum Gasteiger partial charge on any atom is -0.309 e. The van der Waals surface area contributed by atoms with E-state index in [1.807, 2.05) is 22.7 Å². The van der Waals surface area contributed by atoms with Gasteiger partial charge < -0.3 is 4.90 Å². The van der Waals surface area contributed by atoms with Crippen LogP contribution in [0.5, 0.6) is 0 Å². The summed E-state index contributed by atoms with van der Waals surface area (Å²) in [6.07, 6.45) is 0. The molecule has 0 bridgehead atoms. The van der Waals surface area contributed by atoms with Crippen molar-refractivity contribution >= 4 is 90.9 Å². The highest BCUT2D eigenvalue weighted by molar-refractivity contribution is 7.26. The normalized spacial score (nSPS) is 11.6. The molecule has 9 aromatic carbocycles. The first-order valence-corrected chi connectivity index (χ1v) is 20.3. The number of rotatable bonds is 6. The smallest absolute Gasteiger partial charge is 0.0546 e. The number of benzene rings is 9. The first-order valence-electron chi connectivity index (χ1n) is 18.7. The summed E-state index contributed by atoms with van der Waals surface area (Å²) in [5, 5.41) is 7.69. The molecule has 0 radical (unpaired) electrons. The quantitative estimate of drug-likeness (QED) is 0.164. The maximum absolute atomic E-state index is 2.51. The van der Waals surface area contributed by atoms with Gasteiger partial charge in [-0.05, 0) is 69.9 Å². The van der Waals surface area contributed by atoms with Crippen LogP contribution in [-0.2, 0) is 0 Å². The van der Waals surface area contributed by atoms with Crippen molar-refractivity contribution in [3.63, 3.8) is 0 Å².